The number of aromatic nitrogens is 1. The molecular weight excluding hydrogens is 414 g/mol. The molecule has 0 aliphatic heterocycles. The maximum Gasteiger partial charge on any atom is 0.216 e. The summed E-state index contributed by atoms with van der Waals surface area (Å²) in [6, 6.07) is 10.4. The van der Waals surface area contributed by atoms with Crippen molar-refractivity contribution in [2.45, 2.75) is 85.4 Å². The first-order chi connectivity index (χ1) is 17.0. The smallest absolute Gasteiger partial charge is 0.216 e. The molecule has 0 atom stereocenters. The Labute approximate surface area is 209 Å². The molecule has 0 saturated heterocycles. The van der Waals surface area contributed by atoms with Crippen LogP contribution in [-0.4, -0.2) is 0 Å². The fraction of sp³-hybridized carbons (Fsp3) is 0.469. The molecule has 5 rings (SSSR count). The lowest BCUT2D eigenvalue weighted by Crippen LogP contribution is -2.36. The first-order valence-electron chi connectivity index (χ1n) is 14.0. The highest BCUT2D eigenvalue weighted by Gasteiger charge is 2.42. The molecule has 34 heavy (non-hydrogen) atoms. The predicted molar refractivity (Wildman–Crippen MR) is 144 cm³/mol. The summed E-state index contributed by atoms with van der Waals surface area (Å²) in [5, 5.41) is 2.31. The fourth-order valence-electron chi connectivity index (χ4n) is 6.02. The van der Waals surface area contributed by atoms with Gasteiger partial charge in [-0.25, -0.2) is 4.57 Å². The van der Waals surface area contributed by atoms with E-state index in [0.29, 0.717) is 5.56 Å². The van der Waals surface area contributed by atoms with Crippen molar-refractivity contribution >= 4 is 21.9 Å². The Morgan fingerprint density at radius 3 is 2.38 bits per heavy atom. The van der Waals surface area contributed by atoms with Crippen molar-refractivity contribution in [3.8, 4) is 11.3 Å². The Morgan fingerprint density at radius 1 is 1.06 bits per heavy atom. The fourth-order valence-corrected chi connectivity index (χ4v) is 6.02. The molecule has 178 valence electrons. The molecule has 0 amide bonds. The number of rotatable bonds is 2. The van der Waals surface area contributed by atoms with Crippen molar-refractivity contribution in [1.29, 1.82) is 0 Å². The van der Waals surface area contributed by atoms with Gasteiger partial charge in [-0.3, -0.25) is 0 Å². The highest BCUT2D eigenvalue weighted by molar-refractivity contribution is 6.12. The summed E-state index contributed by atoms with van der Waals surface area (Å²) >= 11 is 0. The first kappa shape index (κ1) is 19.7. The van der Waals surface area contributed by atoms with Crippen LogP contribution in [0, 0.1) is 12.3 Å². The van der Waals surface area contributed by atoms with Gasteiger partial charge in [-0.2, -0.15) is 0 Å². The molecule has 0 bridgehead atoms. The number of aryl methyl sites for hydroxylation is 1. The SMILES string of the molecule is [2H]c1c[n+](C)c(-c2c(C)c3c(c4c2oc2ccccc24)C(C)(C)CCC3(C)C)cc1C([2H])([2H])C(C)(C)C. The molecule has 0 N–H and O–H groups in total. The monoisotopic (exact) mass is 457 g/mol. The van der Waals surface area contributed by atoms with Gasteiger partial charge >= 0.3 is 0 Å². The third-order valence-corrected chi connectivity index (χ3v) is 7.64. The second kappa shape index (κ2) is 7.44. The molecule has 0 saturated carbocycles. The van der Waals surface area contributed by atoms with Crippen LogP contribution in [0.25, 0.3) is 33.2 Å². The van der Waals surface area contributed by atoms with Gasteiger partial charge in [0.05, 0.1) is 6.93 Å². The average molecular weight is 458 g/mol. The Hall–Kier alpha value is -2.61. The number of furan rings is 1. The van der Waals surface area contributed by atoms with Crippen LogP contribution in [0.2, 0.25) is 0 Å². The maximum atomic E-state index is 8.97. The van der Waals surface area contributed by atoms with Crippen molar-refractivity contribution in [1.82, 2.24) is 0 Å². The van der Waals surface area contributed by atoms with Gasteiger partial charge in [-0.1, -0.05) is 66.7 Å². The molecule has 4 aromatic rings. The van der Waals surface area contributed by atoms with Crippen molar-refractivity contribution in [2.75, 3.05) is 0 Å². The van der Waals surface area contributed by atoms with E-state index in [2.05, 4.69) is 46.8 Å². The minimum atomic E-state index is -1.68. The van der Waals surface area contributed by atoms with Gasteiger partial charge in [0, 0.05) is 25.6 Å². The summed E-state index contributed by atoms with van der Waals surface area (Å²) in [5.41, 5.74) is 7.31. The normalized spacial score (nSPS) is 19.0. The van der Waals surface area contributed by atoms with Crippen LogP contribution in [-0.2, 0) is 24.3 Å². The molecule has 0 unspecified atom stereocenters. The van der Waals surface area contributed by atoms with Crippen molar-refractivity contribution in [3.63, 3.8) is 0 Å². The topological polar surface area (TPSA) is 17.0 Å². The maximum absolute atomic E-state index is 8.97. The van der Waals surface area contributed by atoms with E-state index in [1.807, 2.05) is 50.6 Å². The van der Waals surface area contributed by atoms with Crippen LogP contribution in [0.1, 0.15) is 87.7 Å². The van der Waals surface area contributed by atoms with Crippen LogP contribution in [0.15, 0.2) is 47.0 Å². The third-order valence-electron chi connectivity index (χ3n) is 7.64. The second-order valence-corrected chi connectivity index (χ2v) is 12.5. The number of hydrogen-bond donors (Lipinski definition) is 0. The summed E-state index contributed by atoms with van der Waals surface area (Å²) < 4.78 is 35.3. The van der Waals surface area contributed by atoms with Gasteiger partial charge in [0.25, 0.3) is 0 Å². The van der Waals surface area contributed by atoms with Gasteiger partial charge in [-0.05, 0) is 70.7 Å². The van der Waals surface area contributed by atoms with Crippen LogP contribution in [0.4, 0.5) is 0 Å². The number of hydrogen-bond acceptors (Lipinski definition) is 1. The molecule has 1 aliphatic carbocycles. The van der Waals surface area contributed by atoms with Crippen LogP contribution >= 0.6 is 0 Å². The molecule has 0 fully saturated rings. The summed E-state index contributed by atoms with van der Waals surface area (Å²) in [6.07, 6.45) is 2.28. The zero-order valence-corrected chi connectivity index (χ0v) is 22.2. The molecule has 0 radical (unpaired) electrons. The van der Waals surface area contributed by atoms with E-state index in [4.69, 9.17) is 8.53 Å². The average Bonchev–Trinajstić information content (AvgIpc) is 3.15. The molecule has 2 aromatic heterocycles. The second-order valence-electron chi connectivity index (χ2n) is 12.5. The van der Waals surface area contributed by atoms with E-state index >= 15 is 0 Å². The first-order valence-corrected chi connectivity index (χ1v) is 12.5. The Balaban J connectivity index is 2.00. The third kappa shape index (κ3) is 3.58. The van der Waals surface area contributed by atoms with Crippen LogP contribution in [0.3, 0.4) is 0 Å². The lowest BCUT2D eigenvalue weighted by atomic mass is 9.60. The summed E-state index contributed by atoms with van der Waals surface area (Å²) in [5.74, 6) is 0. The van der Waals surface area contributed by atoms with Gasteiger partial charge in [0.1, 0.15) is 18.2 Å². The number of fused-ring (bicyclic) bond motifs is 5. The number of nitrogens with zero attached hydrogens (tertiary/aromatic N) is 1. The minimum absolute atomic E-state index is 0.00116. The summed E-state index contributed by atoms with van der Waals surface area (Å²) in [7, 11) is 1.95. The van der Waals surface area contributed by atoms with E-state index in [1.165, 1.54) is 22.1 Å². The largest absolute Gasteiger partial charge is 0.455 e. The van der Waals surface area contributed by atoms with Gasteiger partial charge < -0.3 is 4.42 Å². The summed E-state index contributed by atoms with van der Waals surface area (Å²) in [4.78, 5) is 0. The number of benzene rings is 2. The van der Waals surface area contributed by atoms with Crippen molar-refractivity contribution in [3.05, 3.63) is 64.8 Å². The zero-order chi connectivity index (χ0) is 27.3. The Kier molecular flexibility index (Phi) is 4.31. The zero-order valence-electron chi connectivity index (χ0n) is 25.2. The van der Waals surface area contributed by atoms with Crippen molar-refractivity contribution in [2.24, 2.45) is 12.5 Å². The van der Waals surface area contributed by atoms with Crippen molar-refractivity contribution < 1.29 is 13.1 Å². The highest BCUT2D eigenvalue weighted by Crippen LogP contribution is 2.54. The van der Waals surface area contributed by atoms with E-state index in [1.54, 1.807) is 6.20 Å². The summed E-state index contributed by atoms with van der Waals surface area (Å²) in [6.45, 7) is 17.3. The van der Waals surface area contributed by atoms with Crippen LogP contribution in [0.5, 0.6) is 0 Å². The van der Waals surface area contributed by atoms with E-state index in [0.717, 1.165) is 40.7 Å². The van der Waals surface area contributed by atoms with Gasteiger partial charge in [0.15, 0.2) is 6.20 Å². The standard InChI is InChI=1S/C32H40NO/c1-20-25(23-18-21(14-17-33(23)9)19-30(2,3)4)29-26(22-12-10-11-13-24(22)34-29)28-27(20)31(5,6)15-16-32(28,7)8/h10-14,17-18H,15-16,19H2,1-9H3/q+1/i14D,19D2. The number of pyridine rings is 1. The van der Waals surface area contributed by atoms with Gasteiger partial charge in [0.2, 0.25) is 5.69 Å². The highest BCUT2D eigenvalue weighted by atomic mass is 16.3. The Bertz CT molecular complexity index is 1570. The Morgan fingerprint density at radius 2 is 1.71 bits per heavy atom. The predicted octanol–water partition coefficient (Wildman–Crippen LogP) is 8.32. The molecule has 1 aliphatic rings. The molecular formula is C32H40NO+. The molecule has 2 nitrogen and oxygen atoms in total. The lowest BCUT2D eigenvalue weighted by molar-refractivity contribution is -0.660. The molecule has 2 aromatic carbocycles. The van der Waals surface area contributed by atoms with Crippen LogP contribution < -0.4 is 4.57 Å². The van der Waals surface area contributed by atoms with E-state index < -0.39 is 11.8 Å². The molecule has 2 heteroatoms. The van der Waals surface area contributed by atoms with E-state index in [-0.39, 0.29) is 16.9 Å². The minimum Gasteiger partial charge on any atom is -0.455 e. The quantitative estimate of drug-likeness (QED) is 0.277. The van der Waals surface area contributed by atoms with Gasteiger partial charge in [-0.15, -0.1) is 0 Å². The number of para-hydroxylation sites is 1. The molecule has 0 spiro atoms. The lowest BCUT2D eigenvalue weighted by Gasteiger charge is -2.43. The van der Waals surface area contributed by atoms with E-state index in [9.17, 15) is 0 Å². The molecule has 2 heterocycles.